The molecule has 2 rings (SSSR count). The maximum absolute atomic E-state index is 12.5. The molecule has 0 saturated heterocycles. The molecule has 120 valence electrons. The fourth-order valence-electron chi connectivity index (χ4n) is 2.37. The lowest BCUT2D eigenvalue weighted by molar-refractivity contribution is -0.0502. The Balaban J connectivity index is 2.47. The van der Waals surface area contributed by atoms with Crippen LogP contribution >= 0.6 is 0 Å². The molecule has 0 fully saturated rings. The number of hydrogen-bond acceptors (Lipinski definition) is 5. The van der Waals surface area contributed by atoms with Gasteiger partial charge in [-0.3, -0.25) is 0 Å². The van der Waals surface area contributed by atoms with Gasteiger partial charge in [0, 0.05) is 18.7 Å². The second-order valence-corrected chi connectivity index (χ2v) is 6.81. The highest BCUT2D eigenvalue weighted by atomic mass is 32.2. The van der Waals surface area contributed by atoms with Gasteiger partial charge in [0.2, 0.25) is 5.88 Å². The Hall–Kier alpha value is -1.29. The molecule has 1 heterocycles. The molecule has 1 aromatic rings. The summed E-state index contributed by atoms with van der Waals surface area (Å²) >= 11 is 0. The third-order valence-electron chi connectivity index (χ3n) is 3.47. The van der Waals surface area contributed by atoms with Crippen molar-refractivity contribution in [2.75, 3.05) is 0 Å². The zero-order valence-corrected chi connectivity index (χ0v) is 12.3. The van der Waals surface area contributed by atoms with Gasteiger partial charge in [0.15, 0.2) is 0 Å². The van der Waals surface area contributed by atoms with Crippen molar-refractivity contribution < 1.29 is 25.8 Å². The fraction of sp³-hybridized carbons (Fsp3) is 0.727. The molecule has 0 bridgehead atoms. The Bertz CT molecular complexity index is 639. The first kappa shape index (κ1) is 16.1. The fourth-order valence-corrected chi connectivity index (χ4v) is 2.88. The van der Waals surface area contributed by atoms with Crippen molar-refractivity contribution in [2.45, 2.75) is 37.7 Å². The highest BCUT2D eigenvalue weighted by Crippen LogP contribution is 2.36. The topological polar surface area (TPSA) is 87.2 Å². The zero-order chi connectivity index (χ0) is 16.0. The molecule has 1 aliphatic rings. The summed E-state index contributed by atoms with van der Waals surface area (Å²) in [5.74, 6) is -0.260. The first-order valence-corrected chi connectivity index (χ1v) is 7.76. The average molecular weight is 327 g/mol. The van der Waals surface area contributed by atoms with E-state index in [1.807, 2.05) is 6.92 Å². The Morgan fingerprint density at radius 2 is 2.00 bits per heavy atom. The number of alkyl halides is 3. The molecular formula is C11H16F3N3O3S. The molecule has 21 heavy (non-hydrogen) atoms. The number of aryl methyl sites for hydroxylation is 1. The van der Waals surface area contributed by atoms with Crippen LogP contribution in [0.15, 0.2) is 0 Å². The van der Waals surface area contributed by atoms with E-state index < -0.39 is 27.5 Å². The lowest BCUT2D eigenvalue weighted by atomic mass is 10.0. The van der Waals surface area contributed by atoms with Crippen LogP contribution in [-0.2, 0) is 23.6 Å². The van der Waals surface area contributed by atoms with E-state index >= 15 is 0 Å². The Morgan fingerprint density at radius 1 is 1.38 bits per heavy atom. The van der Waals surface area contributed by atoms with Crippen LogP contribution in [0.5, 0.6) is 5.88 Å². The molecule has 0 spiro atoms. The summed E-state index contributed by atoms with van der Waals surface area (Å²) in [5.41, 5.74) is 1.19. The van der Waals surface area contributed by atoms with E-state index in [1.54, 1.807) is 0 Å². The van der Waals surface area contributed by atoms with Gasteiger partial charge < -0.3 is 9.92 Å². The standard InChI is InChI=1S/C11H16F3N3O3S/c1-6-3-4-8(15)9-7(5-6)10(17(2)16-9)20-21(18,19)11(12,13)14/h6,8H,3-5,15H2,1-2H3/t6-,8+/m1/s1. The van der Waals surface area contributed by atoms with Crippen molar-refractivity contribution in [1.29, 1.82) is 0 Å². The van der Waals surface area contributed by atoms with Crippen LogP contribution in [0.2, 0.25) is 0 Å². The van der Waals surface area contributed by atoms with Gasteiger partial charge in [-0.15, -0.1) is 0 Å². The van der Waals surface area contributed by atoms with Crippen molar-refractivity contribution in [3.8, 4) is 5.88 Å². The van der Waals surface area contributed by atoms with Gasteiger partial charge >= 0.3 is 15.6 Å². The van der Waals surface area contributed by atoms with E-state index in [-0.39, 0.29) is 5.92 Å². The monoisotopic (exact) mass is 327 g/mol. The normalized spacial score (nSPS) is 23.5. The first-order valence-electron chi connectivity index (χ1n) is 6.35. The quantitative estimate of drug-likeness (QED) is 0.507. The van der Waals surface area contributed by atoms with E-state index in [1.165, 1.54) is 7.05 Å². The second kappa shape index (κ2) is 5.16. The number of fused-ring (bicyclic) bond motifs is 1. The van der Waals surface area contributed by atoms with Gasteiger partial charge in [-0.1, -0.05) is 6.92 Å². The summed E-state index contributed by atoms with van der Waals surface area (Å²) in [6.07, 6.45) is 1.79. The maximum Gasteiger partial charge on any atom is 0.534 e. The van der Waals surface area contributed by atoms with Gasteiger partial charge in [-0.05, 0) is 25.2 Å². The molecule has 2 N–H and O–H groups in total. The van der Waals surface area contributed by atoms with Crippen LogP contribution in [0.1, 0.15) is 37.1 Å². The van der Waals surface area contributed by atoms with Gasteiger partial charge in [-0.2, -0.15) is 26.7 Å². The summed E-state index contributed by atoms with van der Waals surface area (Å²) in [6, 6.07) is -0.443. The van der Waals surface area contributed by atoms with Crippen LogP contribution in [0, 0.1) is 5.92 Å². The van der Waals surface area contributed by atoms with E-state index in [9.17, 15) is 21.6 Å². The smallest absolute Gasteiger partial charge is 0.355 e. The molecular weight excluding hydrogens is 311 g/mol. The maximum atomic E-state index is 12.5. The van der Waals surface area contributed by atoms with Crippen molar-refractivity contribution in [3.63, 3.8) is 0 Å². The largest absolute Gasteiger partial charge is 0.534 e. The minimum atomic E-state index is -5.73. The molecule has 1 aliphatic carbocycles. The third kappa shape index (κ3) is 3.00. The number of hydrogen-bond donors (Lipinski definition) is 1. The number of aromatic nitrogens is 2. The first-order chi connectivity index (χ1) is 9.53. The SMILES string of the molecule is C[C@@H]1CC[C@H](N)c2nn(C)c(OS(=O)(=O)C(F)(F)F)c2C1. The van der Waals surface area contributed by atoms with Crippen molar-refractivity contribution in [1.82, 2.24) is 9.78 Å². The van der Waals surface area contributed by atoms with Crippen LogP contribution < -0.4 is 9.92 Å². The van der Waals surface area contributed by atoms with Crippen LogP contribution in [-0.4, -0.2) is 23.7 Å². The average Bonchev–Trinajstić information content (AvgIpc) is 2.54. The molecule has 0 aliphatic heterocycles. The van der Waals surface area contributed by atoms with Gasteiger partial charge in [0.25, 0.3) is 0 Å². The summed E-state index contributed by atoms with van der Waals surface area (Å²) in [4.78, 5) is 0. The van der Waals surface area contributed by atoms with Crippen molar-refractivity contribution in [3.05, 3.63) is 11.3 Å². The van der Waals surface area contributed by atoms with Crippen LogP contribution in [0.4, 0.5) is 13.2 Å². The minimum Gasteiger partial charge on any atom is -0.355 e. The summed E-state index contributed by atoms with van der Waals surface area (Å²) in [6.45, 7) is 1.91. The van der Waals surface area contributed by atoms with Gasteiger partial charge in [-0.25, -0.2) is 4.68 Å². The molecule has 1 aromatic heterocycles. The van der Waals surface area contributed by atoms with E-state index in [2.05, 4.69) is 9.28 Å². The predicted octanol–water partition coefficient (Wildman–Crippen LogP) is 1.62. The molecule has 0 amide bonds. The highest BCUT2D eigenvalue weighted by molar-refractivity contribution is 7.87. The second-order valence-electron chi connectivity index (χ2n) is 5.27. The number of nitrogens with zero attached hydrogens (tertiary/aromatic N) is 2. The third-order valence-corrected chi connectivity index (χ3v) is 4.41. The Morgan fingerprint density at radius 3 is 2.57 bits per heavy atom. The van der Waals surface area contributed by atoms with E-state index in [0.717, 1.165) is 11.1 Å². The lowest BCUT2D eigenvalue weighted by Crippen LogP contribution is -2.29. The number of rotatable bonds is 2. The van der Waals surface area contributed by atoms with E-state index in [4.69, 9.17) is 5.73 Å². The minimum absolute atomic E-state index is 0.150. The zero-order valence-electron chi connectivity index (χ0n) is 11.5. The van der Waals surface area contributed by atoms with E-state index in [0.29, 0.717) is 24.1 Å². The molecule has 2 atom stereocenters. The lowest BCUT2D eigenvalue weighted by Gasteiger charge is -2.12. The van der Waals surface area contributed by atoms with Crippen molar-refractivity contribution >= 4 is 10.1 Å². The molecule has 6 nitrogen and oxygen atoms in total. The Kier molecular flexibility index (Phi) is 3.96. The van der Waals surface area contributed by atoms with Crippen LogP contribution in [0.25, 0.3) is 0 Å². The molecule has 0 unspecified atom stereocenters. The molecule has 0 aromatic carbocycles. The van der Waals surface area contributed by atoms with Crippen LogP contribution in [0.3, 0.4) is 0 Å². The van der Waals surface area contributed by atoms with Gasteiger partial charge in [0.1, 0.15) is 0 Å². The summed E-state index contributed by atoms with van der Waals surface area (Å²) < 4.78 is 65.0. The number of nitrogens with two attached hydrogens (primary N) is 1. The summed E-state index contributed by atoms with van der Waals surface area (Å²) in [7, 11) is -4.40. The molecule has 0 radical (unpaired) electrons. The predicted molar refractivity (Wildman–Crippen MR) is 67.8 cm³/mol. The molecule has 10 heteroatoms. The van der Waals surface area contributed by atoms with Crippen molar-refractivity contribution in [2.24, 2.45) is 18.7 Å². The highest BCUT2D eigenvalue weighted by Gasteiger charge is 2.49. The number of halogens is 3. The summed E-state index contributed by atoms with van der Waals surface area (Å²) in [5, 5.41) is 4.03. The van der Waals surface area contributed by atoms with Gasteiger partial charge in [0.05, 0.1) is 5.69 Å². The Labute approximate surface area is 120 Å². The molecule has 0 saturated carbocycles.